The Balaban J connectivity index is 2.69. The maximum atomic E-state index is 12.9. The molecule has 0 fully saturated rings. The van der Waals surface area contributed by atoms with E-state index < -0.39 is 36.6 Å². The van der Waals surface area contributed by atoms with Crippen molar-refractivity contribution < 1.29 is 27.8 Å². The lowest BCUT2D eigenvalue weighted by Gasteiger charge is -2.04. The quantitative estimate of drug-likeness (QED) is 0.785. The Morgan fingerprint density at radius 2 is 1.80 bits per heavy atom. The predicted molar refractivity (Wildman–Crippen MR) is 43.6 cm³/mol. The van der Waals surface area contributed by atoms with Crippen molar-refractivity contribution in [3.8, 4) is 0 Å². The number of rotatable bonds is 4. The maximum Gasteiger partial charge on any atom is 0.329 e. The first kappa shape index (κ1) is 11.5. The molecule has 0 amide bonds. The topological polar surface area (TPSA) is 46.5 Å². The number of ether oxygens (including phenoxy) is 1. The molecule has 0 aliphatic carbocycles. The summed E-state index contributed by atoms with van der Waals surface area (Å²) < 4.78 is 42.5. The summed E-state index contributed by atoms with van der Waals surface area (Å²) in [6.07, 6.45) is 0. The Bertz CT molecular complexity index is 379. The van der Waals surface area contributed by atoms with Crippen molar-refractivity contribution in [1.29, 1.82) is 0 Å². The van der Waals surface area contributed by atoms with Crippen molar-refractivity contribution in [3.05, 3.63) is 35.1 Å². The molecular formula is C9H7F3O3. The van der Waals surface area contributed by atoms with Gasteiger partial charge in [0.2, 0.25) is 0 Å². The third-order valence-electron chi connectivity index (χ3n) is 1.57. The van der Waals surface area contributed by atoms with Gasteiger partial charge in [-0.25, -0.2) is 18.0 Å². The van der Waals surface area contributed by atoms with E-state index in [4.69, 9.17) is 5.11 Å². The second kappa shape index (κ2) is 4.79. The molecule has 3 nitrogen and oxygen atoms in total. The number of halogens is 3. The summed E-state index contributed by atoms with van der Waals surface area (Å²) in [7, 11) is 0. The van der Waals surface area contributed by atoms with Gasteiger partial charge < -0.3 is 9.84 Å². The number of hydrogen-bond donors (Lipinski definition) is 1. The lowest BCUT2D eigenvalue weighted by atomic mass is 10.2. The zero-order chi connectivity index (χ0) is 11.4. The van der Waals surface area contributed by atoms with Crippen LogP contribution in [-0.2, 0) is 16.1 Å². The summed E-state index contributed by atoms with van der Waals surface area (Å²) >= 11 is 0. The zero-order valence-corrected chi connectivity index (χ0v) is 7.47. The smallest absolute Gasteiger partial charge is 0.329 e. The summed E-state index contributed by atoms with van der Waals surface area (Å²) in [6.45, 7) is -1.05. The number of carbonyl (C=O) groups is 1. The molecule has 0 saturated carbocycles. The molecular weight excluding hydrogens is 213 g/mol. The Kier molecular flexibility index (Phi) is 3.68. The number of carboxylic acids is 1. The summed E-state index contributed by atoms with van der Waals surface area (Å²) in [5, 5.41) is 8.21. The average Bonchev–Trinajstić information content (AvgIpc) is 2.13. The highest BCUT2D eigenvalue weighted by atomic mass is 19.2. The summed E-state index contributed by atoms with van der Waals surface area (Å²) in [5.74, 6) is -4.70. The molecule has 0 saturated heterocycles. The van der Waals surface area contributed by atoms with E-state index in [-0.39, 0.29) is 5.56 Å². The fraction of sp³-hybridized carbons (Fsp3) is 0.222. The molecule has 0 heterocycles. The minimum absolute atomic E-state index is 0.227. The molecule has 1 rings (SSSR count). The maximum absolute atomic E-state index is 12.9. The zero-order valence-electron chi connectivity index (χ0n) is 7.47. The Labute approximate surface area is 83.1 Å². The van der Waals surface area contributed by atoms with Gasteiger partial charge in [-0.3, -0.25) is 0 Å². The second-order valence-corrected chi connectivity index (χ2v) is 2.74. The van der Waals surface area contributed by atoms with Crippen molar-refractivity contribution in [3.63, 3.8) is 0 Å². The van der Waals surface area contributed by atoms with Gasteiger partial charge in [0, 0.05) is 11.6 Å². The van der Waals surface area contributed by atoms with Gasteiger partial charge in [0.25, 0.3) is 0 Å². The van der Waals surface area contributed by atoms with Gasteiger partial charge in [-0.05, 0) is 6.07 Å². The number of benzene rings is 1. The van der Waals surface area contributed by atoms with E-state index in [0.717, 1.165) is 0 Å². The molecule has 1 aromatic carbocycles. The van der Waals surface area contributed by atoms with Crippen LogP contribution in [0.4, 0.5) is 13.2 Å². The van der Waals surface area contributed by atoms with Gasteiger partial charge in [-0.2, -0.15) is 0 Å². The standard InChI is InChI=1S/C9H7F3O3/c10-6-2-8(12)7(11)1-5(6)3-15-4-9(13)14/h1-2H,3-4H2,(H,13,14). The highest BCUT2D eigenvalue weighted by molar-refractivity contribution is 5.67. The fourth-order valence-electron chi connectivity index (χ4n) is 0.923. The lowest BCUT2D eigenvalue weighted by Crippen LogP contribution is -2.08. The van der Waals surface area contributed by atoms with Crippen molar-refractivity contribution in [2.45, 2.75) is 6.61 Å². The van der Waals surface area contributed by atoms with Crippen molar-refractivity contribution in [1.82, 2.24) is 0 Å². The molecule has 0 bridgehead atoms. The van der Waals surface area contributed by atoms with Crippen LogP contribution in [0.15, 0.2) is 12.1 Å². The van der Waals surface area contributed by atoms with Crippen LogP contribution in [0.2, 0.25) is 0 Å². The third-order valence-corrected chi connectivity index (χ3v) is 1.57. The summed E-state index contributed by atoms with van der Waals surface area (Å²) in [4.78, 5) is 10.0. The number of carboxylic acid groups (broad SMARTS) is 1. The average molecular weight is 220 g/mol. The van der Waals surface area contributed by atoms with E-state index in [1.54, 1.807) is 0 Å². The molecule has 6 heteroatoms. The van der Waals surface area contributed by atoms with Gasteiger partial charge in [0.05, 0.1) is 6.61 Å². The summed E-state index contributed by atoms with van der Waals surface area (Å²) in [6, 6.07) is 1.02. The molecule has 1 aromatic rings. The first-order valence-electron chi connectivity index (χ1n) is 3.93. The molecule has 0 unspecified atom stereocenters. The molecule has 1 N–H and O–H groups in total. The normalized spacial score (nSPS) is 10.3. The van der Waals surface area contributed by atoms with Crippen LogP contribution in [0.5, 0.6) is 0 Å². The Hall–Kier alpha value is -1.56. The van der Waals surface area contributed by atoms with Gasteiger partial charge in [0.1, 0.15) is 12.4 Å². The van der Waals surface area contributed by atoms with Gasteiger partial charge >= 0.3 is 5.97 Å². The van der Waals surface area contributed by atoms with E-state index in [9.17, 15) is 18.0 Å². The minimum atomic E-state index is -1.30. The highest BCUT2D eigenvalue weighted by Gasteiger charge is 2.10. The third kappa shape index (κ3) is 3.25. The molecule has 82 valence electrons. The molecule has 0 radical (unpaired) electrons. The van der Waals surface area contributed by atoms with Crippen LogP contribution in [0.1, 0.15) is 5.56 Å². The van der Waals surface area contributed by atoms with E-state index >= 15 is 0 Å². The van der Waals surface area contributed by atoms with Crippen molar-refractivity contribution in [2.24, 2.45) is 0 Å². The monoisotopic (exact) mass is 220 g/mol. The van der Waals surface area contributed by atoms with Crippen LogP contribution in [-0.4, -0.2) is 17.7 Å². The first-order valence-corrected chi connectivity index (χ1v) is 3.93. The minimum Gasteiger partial charge on any atom is -0.480 e. The van der Waals surface area contributed by atoms with Crippen LogP contribution >= 0.6 is 0 Å². The van der Waals surface area contributed by atoms with Crippen LogP contribution < -0.4 is 0 Å². The molecule has 0 aromatic heterocycles. The van der Waals surface area contributed by atoms with Crippen LogP contribution in [0.25, 0.3) is 0 Å². The predicted octanol–water partition coefficient (Wildman–Crippen LogP) is 1.71. The SMILES string of the molecule is O=C(O)COCc1cc(F)c(F)cc1F. The van der Waals surface area contributed by atoms with Gasteiger partial charge in [-0.1, -0.05) is 0 Å². The van der Waals surface area contributed by atoms with E-state index in [1.165, 1.54) is 0 Å². The fourth-order valence-corrected chi connectivity index (χ4v) is 0.923. The van der Waals surface area contributed by atoms with Crippen LogP contribution in [0, 0.1) is 17.5 Å². The van der Waals surface area contributed by atoms with Crippen LogP contribution in [0.3, 0.4) is 0 Å². The number of aliphatic carboxylic acids is 1. The van der Waals surface area contributed by atoms with Crippen molar-refractivity contribution in [2.75, 3.05) is 6.61 Å². The van der Waals surface area contributed by atoms with Gasteiger partial charge in [-0.15, -0.1) is 0 Å². The number of hydrogen-bond acceptors (Lipinski definition) is 2. The Morgan fingerprint density at radius 1 is 1.20 bits per heavy atom. The summed E-state index contributed by atoms with van der Waals surface area (Å²) in [5.41, 5.74) is -0.227. The first-order chi connectivity index (χ1) is 7.00. The van der Waals surface area contributed by atoms with Crippen molar-refractivity contribution >= 4 is 5.97 Å². The Morgan fingerprint density at radius 3 is 2.40 bits per heavy atom. The second-order valence-electron chi connectivity index (χ2n) is 2.74. The molecule has 0 atom stereocenters. The molecule has 0 spiro atoms. The van der Waals surface area contributed by atoms with E-state index in [2.05, 4.69) is 4.74 Å². The molecule has 0 aliphatic heterocycles. The highest BCUT2D eigenvalue weighted by Crippen LogP contribution is 2.14. The van der Waals surface area contributed by atoms with Gasteiger partial charge in [0.15, 0.2) is 11.6 Å². The largest absolute Gasteiger partial charge is 0.480 e. The van der Waals surface area contributed by atoms with E-state index in [0.29, 0.717) is 12.1 Å². The molecule has 0 aliphatic rings. The van der Waals surface area contributed by atoms with E-state index in [1.807, 2.05) is 0 Å². The lowest BCUT2D eigenvalue weighted by molar-refractivity contribution is -0.142. The molecule has 15 heavy (non-hydrogen) atoms.